The highest BCUT2D eigenvalue weighted by Crippen LogP contribution is 2.44. The second-order valence-electron chi connectivity index (χ2n) is 9.47. The lowest BCUT2D eigenvalue weighted by Crippen LogP contribution is -2.55. The van der Waals surface area contributed by atoms with E-state index in [0.29, 0.717) is 13.0 Å². The van der Waals surface area contributed by atoms with E-state index >= 15 is 0 Å². The van der Waals surface area contributed by atoms with E-state index in [0.717, 1.165) is 35.1 Å². The first-order valence-electron chi connectivity index (χ1n) is 12.0. The van der Waals surface area contributed by atoms with Crippen molar-refractivity contribution in [2.24, 2.45) is 5.92 Å². The summed E-state index contributed by atoms with van der Waals surface area (Å²) < 4.78 is 5.63. The SMILES string of the molecule is CC(C)C(NC(=O)OCC1c2ccccc2-c2ccccc21)C(=O)N1CCCCC1CC(=O)O. The van der Waals surface area contributed by atoms with E-state index in [4.69, 9.17) is 4.74 Å². The molecule has 1 heterocycles. The van der Waals surface area contributed by atoms with Crippen LogP contribution in [0.1, 0.15) is 56.6 Å². The van der Waals surface area contributed by atoms with Gasteiger partial charge >= 0.3 is 12.1 Å². The summed E-state index contributed by atoms with van der Waals surface area (Å²) in [6, 6.07) is 15.1. The largest absolute Gasteiger partial charge is 0.481 e. The van der Waals surface area contributed by atoms with Crippen LogP contribution < -0.4 is 5.32 Å². The van der Waals surface area contributed by atoms with Gasteiger partial charge in [0.15, 0.2) is 0 Å². The van der Waals surface area contributed by atoms with Gasteiger partial charge in [-0.3, -0.25) is 9.59 Å². The molecule has 7 nitrogen and oxygen atoms in total. The summed E-state index contributed by atoms with van der Waals surface area (Å²) in [7, 11) is 0. The Morgan fingerprint density at radius 2 is 1.65 bits per heavy atom. The van der Waals surface area contributed by atoms with Crippen LogP contribution in [0.4, 0.5) is 4.79 Å². The van der Waals surface area contributed by atoms with Gasteiger partial charge in [-0.15, -0.1) is 0 Å². The van der Waals surface area contributed by atoms with Gasteiger partial charge in [-0.25, -0.2) is 4.79 Å². The van der Waals surface area contributed by atoms with Gasteiger partial charge in [0.1, 0.15) is 12.6 Å². The molecule has 2 N–H and O–H groups in total. The lowest BCUT2D eigenvalue weighted by Gasteiger charge is -2.38. The minimum absolute atomic E-state index is 0.0617. The third-order valence-corrected chi connectivity index (χ3v) is 6.87. The number of carbonyl (C=O) groups excluding carboxylic acids is 2. The second-order valence-corrected chi connectivity index (χ2v) is 9.47. The Morgan fingerprint density at radius 3 is 2.24 bits per heavy atom. The smallest absolute Gasteiger partial charge is 0.407 e. The van der Waals surface area contributed by atoms with Crippen molar-refractivity contribution >= 4 is 18.0 Å². The molecule has 1 aliphatic carbocycles. The average molecular weight is 465 g/mol. The van der Waals surface area contributed by atoms with E-state index in [1.165, 1.54) is 0 Å². The van der Waals surface area contributed by atoms with E-state index in [-0.39, 0.29) is 36.8 Å². The minimum atomic E-state index is -0.921. The molecule has 2 amide bonds. The Labute approximate surface area is 200 Å². The topological polar surface area (TPSA) is 95.9 Å². The van der Waals surface area contributed by atoms with Gasteiger partial charge in [-0.1, -0.05) is 62.4 Å². The van der Waals surface area contributed by atoms with E-state index in [1.807, 2.05) is 38.1 Å². The van der Waals surface area contributed by atoms with Gasteiger partial charge < -0.3 is 20.1 Å². The lowest BCUT2D eigenvalue weighted by molar-refractivity contribution is -0.143. The molecule has 1 fully saturated rings. The molecule has 0 spiro atoms. The Balaban J connectivity index is 1.43. The van der Waals surface area contributed by atoms with E-state index in [2.05, 4.69) is 29.6 Å². The Hall–Kier alpha value is -3.35. The molecule has 2 aliphatic rings. The normalized spacial score (nSPS) is 18.2. The Bertz CT molecular complexity index is 1020. The van der Waals surface area contributed by atoms with Crippen LogP contribution in [0.5, 0.6) is 0 Å². The number of hydrogen-bond acceptors (Lipinski definition) is 4. The summed E-state index contributed by atoms with van der Waals surface area (Å²) >= 11 is 0. The number of carboxylic acid groups (broad SMARTS) is 1. The fourth-order valence-electron chi connectivity index (χ4n) is 5.16. The van der Waals surface area contributed by atoms with Crippen molar-refractivity contribution < 1.29 is 24.2 Å². The van der Waals surface area contributed by atoms with Crippen LogP contribution in [-0.4, -0.2) is 53.2 Å². The van der Waals surface area contributed by atoms with Crippen molar-refractivity contribution in [3.05, 3.63) is 59.7 Å². The summed E-state index contributed by atoms with van der Waals surface area (Å²) in [5.74, 6) is -1.39. The van der Waals surface area contributed by atoms with Crippen LogP contribution in [-0.2, 0) is 14.3 Å². The van der Waals surface area contributed by atoms with Gasteiger partial charge in [0.05, 0.1) is 6.42 Å². The number of ether oxygens (including phenoxy) is 1. The highest BCUT2D eigenvalue weighted by atomic mass is 16.5. The molecule has 0 aromatic heterocycles. The third kappa shape index (κ3) is 4.93. The molecule has 0 bridgehead atoms. The van der Waals surface area contributed by atoms with E-state index in [1.54, 1.807) is 4.90 Å². The minimum Gasteiger partial charge on any atom is -0.481 e. The number of alkyl carbamates (subject to hydrolysis) is 1. The molecule has 1 saturated heterocycles. The van der Waals surface area contributed by atoms with Crippen LogP contribution >= 0.6 is 0 Å². The molecule has 1 aliphatic heterocycles. The molecule has 2 aromatic carbocycles. The molecule has 0 radical (unpaired) electrons. The molecule has 2 aromatic rings. The number of fused-ring (bicyclic) bond motifs is 3. The molecule has 7 heteroatoms. The fourth-order valence-corrected chi connectivity index (χ4v) is 5.16. The standard InChI is InChI=1S/C27H32N2O5/c1-17(2)25(26(32)29-14-8-7-9-18(29)15-24(30)31)28-27(33)34-16-23-21-12-5-3-10-19(21)20-11-4-6-13-22(20)23/h3-6,10-13,17-18,23,25H,7-9,14-16H2,1-2H3,(H,28,33)(H,30,31). The third-order valence-electron chi connectivity index (χ3n) is 6.87. The Morgan fingerprint density at radius 1 is 1.03 bits per heavy atom. The number of rotatable bonds is 7. The molecule has 0 saturated carbocycles. The van der Waals surface area contributed by atoms with Crippen LogP contribution in [0.15, 0.2) is 48.5 Å². The predicted molar refractivity (Wildman–Crippen MR) is 128 cm³/mol. The van der Waals surface area contributed by atoms with Crippen molar-refractivity contribution in [3.63, 3.8) is 0 Å². The monoisotopic (exact) mass is 464 g/mol. The second kappa shape index (κ2) is 10.3. The molecule has 2 unspecified atom stereocenters. The molecule has 34 heavy (non-hydrogen) atoms. The van der Waals surface area contributed by atoms with Crippen molar-refractivity contribution in [1.29, 1.82) is 0 Å². The summed E-state index contributed by atoms with van der Waals surface area (Å²) in [6.45, 7) is 4.40. The van der Waals surface area contributed by atoms with Crippen LogP contribution in [0.3, 0.4) is 0 Å². The van der Waals surface area contributed by atoms with Crippen molar-refractivity contribution in [2.75, 3.05) is 13.2 Å². The van der Waals surface area contributed by atoms with Gasteiger partial charge in [0.25, 0.3) is 0 Å². The number of likely N-dealkylation sites (tertiary alicyclic amines) is 1. The maximum atomic E-state index is 13.3. The number of hydrogen-bond donors (Lipinski definition) is 2. The number of aliphatic carboxylic acids is 1. The number of piperidine rings is 1. The number of amides is 2. The maximum Gasteiger partial charge on any atom is 0.407 e. The molecule has 4 rings (SSSR count). The first kappa shape index (κ1) is 23.8. The predicted octanol–water partition coefficient (Wildman–Crippen LogP) is 4.41. The number of nitrogens with zero attached hydrogens (tertiary/aromatic N) is 1. The van der Waals surface area contributed by atoms with Gasteiger partial charge in [0, 0.05) is 18.5 Å². The maximum absolute atomic E-state index is 13.3. The molecule has 2 atom stereocenters. The highest BCUT2D eigenvalue weighted by Gasteiger charge is 2.35. The van der Waals surface area contributed by atoms with Crippen molar-refractivity contribution in [2.45, 2.75) is 57.5 Å². The van der Waals surface area contributed by atoms with Crippen molar-refractivity contribution in [3.8, 4) is 11.1 Å². The van der Waals surface area contributed by atoms with Crippen LogP contribution in [0.25, 0.3) is 11.1 Å². The fraction of sp³-hybridized carbons (Fsp3) is 0.444. The van der Waals surface area contributed by atoms with Crippen molar-refractivity contribution in [1.82, 2.24) is 10.2 Å². The lowest BCUT2D eigenvalue weighted by atomic mass is 9.95. The summed E-state index contributed by atoms with van der Waals surface area (Å²) in [5, 5.41) is 12.0. The zero-order valence-electron chi connectivity index (χ0n) is 19.7. The van der Waals surface area contributed by atoms with Gasteiger partial charge in [-0.2, -0.15) is 0 Å². The van der Waals surface area contributed by atoms with E-state index < -0.39 is 18.1 Å². The molecular weight excluding hydrogens is 432 g/mol. The summed E-state index contributed by atoms with van der Waals surface area (Å²) in [6.07, 6.45) is 1.67. The molecular formula is C27H32N2O5. The zero-order valence-corrected chi connectivity index (χ0v) is 19.7. The first-order valence-corrected chi connectivity index (χ1v) is 12.0. The summed E-state index contributed by atoms with van der Waals surface area (Å²) in [5.41, 5.74) is 4.55. The summed E-state index contributed by atoms with van der Waals surface area (Å²) in [4.78, 5) is 39.0. The Kier molecular flexibility index (Phi) is 7.20. The van der Waals surface area contributed by atoms with Gasteiger partial charge in [-0.05, 0) is 47.4 Å². The molecule has 180 valence electrons. The average Bonchev–Trinajstić information content (AvgIpc) is 3.14. The van der Waals surface area contributed by atoms with Crippen LogP contribution in [0.2, 0.25) is 0 Å². The van der Waals surface area contributed by atoms with E-state index in [9.17, 15) is 19.5 Å². The number of benzene rings is 2. The van der Waals surface area contributed by atoms with Gasteiger partial charge in [0.2, 0.25) is 5.91 Å². The number of carboxylic acids is 1. The zero-order chi connectivity index (χ0) is 24.2. The van der Waals surface area contributed by atoms with Crippen LogP contribution in [0, 0.1) is 5.92 Å². The first-order chi connectivity index (χ1) is 16.4. The quantitative estimate of drug-likeness (QED) is 0.633. The highest BCUT2D eigenvalue weighted by molar-refractivity contribution is 5.87. The number of nitrogens with one attached hydrogen (secondary N) is 1. The number of carbonyl (C=O) groups is 3.